The molecule has 0 fully saturated rings. The van der Waals surface area contributed by atoms with Gasteiger partial charge in [-0.1, -0.05) is 0 Å². The molecular formula is C16H18N6O2. The summed E-state index contributed by atoms with van der Waals surface area (Å²) < 4.78 is 4.99. The molecule has 2 aromatic heterocycles. The third-order valence-corrected chi connectivity index (χ3v) is 4.57. The molecule has 3 aromatic rings. The minimum Gasteiger partial charge on any atom is -0.329 e. The smallest absolute Gasteiger partial charge is 0.328 e. The Morgan fingerprint density at radius 2 is 1.88 bits per heavy atom. The van der Waals surface area contributed by atoms with Gasteiger partial charge in [0.05, 0.1) is 24.1 Å². The number of benzene rings is 1. The Morgan fingerprint density at radius 3 is 2.67 bits per heavy atom. The first-order valence-electron chi connectivity index (χ1n) is 7.81. The molecule has 24 heavy (non-hydrogen) atoms. The van der Waals surface area contributed by atoms with Gasteiger partial charge in [0, 0.05) is 26.2 Å². The minimum absolute atomic E-state index is 0.0555. The van der Waals surface area contributed by atoms with Crippen molar-refractivity contribution in [1.82, 2.24) is 28.8 Å². The van der Waals surface area contributed by atoms with Crippen molar-refractivity contribution in [2.45, 2.75) is 20.0 Å². The maximum absolute atomic E-state index is 12.8. The van der Waals surface area contributed by atoms with Crippen molar-refractivity contribution >= 4 is 16.9 Å². The zero-order valence-electron chi connectivity index (χ0n) is 13.9. The summed E-state index contributed by atoms with van der Waals surface area (Å²) >= 11 is 0. The standard InChI is InChI=1S/C16H18N6O2/c1-10-17-14-9-21(6-7-22(14)18-10)15(23)11-4-5-12-13(8-11)20(3)16(24)19(12)2/h4-5,8H,6-7,9H2,1-3H3. The van der Waals surface area contributed by atoms with E-state index in [1.54, 1.807) is 40.3 Å². The lowest BCUT2D eigenvalue weighted by molar-refractivity contribution is 0.0702. The first-order valence-corrected chi connectivity index (χ1v) is 7.81. The van der Waals surface area contributed by atoms with E-state index < -0.39 is 0 Å². The van der Waals surface area contributed by atoms with Crippen molar-refractivity contribution in [3.63, 3.8) is 0 Å². The average Bonchev–Trinajstić information content (AvgIpc) is 3.06. The third kappa shape index (κ3) is 2.06. The van der Waals surface area contributed by atoms with Crippen molar-refractivity contribution in [2.24, 2.45) is 14.1 Å². The number of aromatic nitrogens is 5. The van der Waals surface area contributed by atoms with Crippen molar-refractivity contribution in [2.75, 3.05) is 6.54 Å². The van der Waals surface area contributed by atoms with Crippen LogP contribution in [-0.2, 0) is 27.2 Å². The predicted molar refractivity (Wildman–Crippen MR) is 87.7 cm³/mol. The van der Waals surface area contributed by atoms with Gasteiger partial charge in [0.2, 0.25) is 0 Å². The van der Waals surface area contributed by atoms with Crippen LogP contribution in [0, 0.1) is 6.92 Å². The van der Waals surface area contributed by atoms with E-state index in [4.69, 9.17) is 0 Å². The van der Waals surface area contributed by atoms with Crippen LogP contribution in [-0.4, -0.2) is 41.3 Å². The number of nitrogens with zero attached hydrogens (tertiary/aromatic N) is 6. The summed E-state index contributed by atoms with van der Waals surface area (Å²) in [6, 6.07) is 5.37. The summed E-state index contributed by atoms with van der Waals surface area (Å²) in [7, 11) is 3.44. The first kappa shape index (κ1) is 14.7. The molecule has 0 aliphatic carbocycles. The highest BCUT2D eigenvalue weighted by molar-refractivity contribution is 5.97. The molecule has 0 radical (unpaired) electrons. The van der Waals surface area contributed by atoms with Crippen molar-refractivity contribution in [3.8, 4) is 0 Å². The molecule has 4 rings (SSSR count). The minimum atomic E-state index is -0.101. The molecule has 1 aromatic carbocycles. The maximum atomic E-state index is 12.8. The lowest BCUT2D eigenvalue weighted by atomic mass is 10.1. The Balaban J connectivity index is 1.69. The van der Waals surface area contributed by atoms with E-state index in [0.717, 1.165) is 22.7 Å². The second-order valence-electron chi connectivity index (χ2n) is 6.13. The summed E-state index contributed by atoms with van der Waals surface area (Å²) in [6.45, 7) is 3.54. The van der Waals surface area contributed by atoms with Crippen LogP contribution in [0.15, 0.2) is 23.0 Å². The molecule has 0 spiro atoms. The van der Waals surface area contributed by atoms with Crippen molar-refractivity contribution < 1.29 is 4.79 Å². The Bertz CT molecular complexity index is 1030. The topological polar surface area (TPSA) is 78.0 Å². The third-order valence-electron chi connectivity index (χ3n) is 4.57. The number of fused-ring (bicyclic) bond motifs is 2. The molecule has 0 saturated heterocycles. The first-order chi connectivity index (χ1) is 11.5. The summed E-state index contributed by atoms with van der Waals surface area (Å²) in [5, 5.41) is 4.31. The fraction of sp³-hybridized carbons (Fsp3) is 0.375. The number of imidazole rings is 1. The molecule has 1 amide bonds. The van der Waals surface area contributed by atoms with Gasteiger partial charge in [0.15, 0.2) is 0 Å². The molecule has 0 N–H and O–H groups in total. The zero-order chi connectivity index (χ0) is 17.0. The van der Waals surface area contributed by atoms with Crippen molar-refractivity contribution in [1.29, 1.82) is 0 Å². The van der Waals surface area contributed by atoms with Gasteiger partial charge in [-0.3, -0.25) is 13.9 Å². The molecule has 8 heteroatoms. The summed E-state index contributed by atoms with van der Waals surface area (Å²) in [5.41, 5.74) is 2.04. The Hall–Kier alpha value is -2.90. The number of hydrogen-bond donors (Lipinski definition) is 0. The second kappa shape index (κ2) is 5.05. The summed E-state index contributed by atoms with van der Waals surface area (Å²) in [4.78, 5) is 31.0. The molecule has 0 atom stereocenters. The Morgan fingerprint density at radius 1 is 1.12 bits per heavy atom. The molecule has 0 saturated carbocycles. The number of hydrogen-bond acceptors (Lipinski definition) is 4. The molecule has 1 aliphatic heterocycles. The average molecular weight is 326 g/mol. The van der Waals surface area contributed by atoms with E-state index in [9.17, 15) is 9.59 Å². The van der Waals surface area contributed by atoms with Crippen LogP contribution >= 0.6 is 0 Å². The van der Waals surface area contributed by atoms with E-state index in [1.807, 2.05) is 17.7 Å². The summed E-state index contributed by atoms with van der Waals surface area (Å²) in [5.74, 6) is 1.47. The maximum Gasteiger partial charge on any atom is 0.328 e. The predicted octanol–water partition coefficient (Wildman–Crippen LogP) is 0.433. The molecule has 3 heterocycles. The highest BCUT2D eigenvalue weighted by atomic mass is 16.2. The number of rotatable bonds is 1. The molecule has 0 bridgehead atoms. The summed E-state index contributed by atoms with van der Waals surface area (Å²) in [6.07, 6.45) is 0. The van der Waals surface area contributed by atoms with E-state index in [-0.39, 0.29) is 11.6 Å². The number of carbonyl (C=O) groups excluding carboxylic acids is 1. The Labute approximate surface area is 137 Å². The van der Waals surface area contributed by atoms with Crippen LogP contribution in [0.2, 0.25) is 0 Å². The zero-order valence-corrected chi connectivity index (χ0v) is 13.9. The normalized spacial score (nSPS) is 14.2. The number of amides is 1. The number of aryl methyl sites for hydroxylation is 3. The Kier molecular flexibility index (Phi) is 3.09. The van der Waals surface area contributed by atoms with E-state index in [2.05, 4.69) is 10.1 Å². The van der Waals surface area contributed by atoms with E-state index in [0.29, 0.717) is 25.2 Å². The largest absolute Gasteiger partial charge is 0.329 e. The highest BCUT2D eigenvalue weighted by Gasteiger charge is 2.24. The van der Waals surface area contributed by atoms with Gasteiger partial charge in [-0.25, -0.2) is 14.5 Å². The molecule has 1 aliphatic rings. The fourth-order valence-corrected chi connectivity index (χ4v) is 3.26. The van der Waals surface area contributed by atoms with Gasteiger partial charge >= 0.3 is 5.69 Å². The van der Waals surface area contributed by atoms with Gasteiger partial charge < -0.3 is 4.90 Å². The second-order valence-corrected chi connectivity index (χ2v) is 6.13. The van der Waals surface area contributed by atoms with Gasteiger partial charge in [-0.05, 0) is 25.1 Å². The van der Waals surface area contributed by atoms with Gasteiger partial charge in [-0.15, -0.1) is 0 Å². The van der Waals surface area contributed by atoms with Crippen molar-refractivity contribution in [3.05, 3.63) is 45.9 Å². The molecule has 124 valence electrons. The van der Waals surface area contributed by atoms with Crippen LogP contribution < -0.4 is 5.69 Å². The fourth-order valence-electron chi connectivity index (χ4n) is 3.26. The monoisotopic (exact) mass is 326 g/mol. The van der Waals surface area contributed by atoms with Crippen LogP contribution in [0.3, 0.4) is 0 Å². The lowest BCUT2D eigenvalue weighted by Gasteiger charge is -2.26. The quantitative estimate of drug-likeness (QED) is 0.650. The van der Waals surface area contributed by atoms with Gasteiger partial charge in [-0.2, -0.15) is 5.10 Å². The highest BCUT2D eigenvalue weighted by Crippen LogP contribution is 2.18. The molecule has 8 nitrogen and oxygen atoms in total. The van der Waals surface area contributed by atoms with Crippen LogP contribution in [0.1, 0.15) is 22.0 Å². The lowest BCUT2D eigenvalue weighted by Crippen LogP contribution is -2.38. The SMILES string of the molecule is Cc1nc2n(n1)CCN(C(=O)c1ccc3c(c1)n(C)c(=O)n3C)C2. The number of carbonyl (C=O) groups is 1. The van der Waals surface area contributed by atoms with E-state index >= 15 is 0 Å². The van der Waals surface area contributed by atoms with Crippen LogP contribution in [0.4, 0.5) is 0 Å². The van der Waals surface area contributed by atoms with E-state index in [1.165, 1.54) is 0 Å². The molecule has 0 unspecified atom stereocenters. The van der Waals surface area contributed by atoms with Crippen LogP contribution in [0.25, 0.3) is 11.0 Å². The van der Waals surface area contributed by atoms with Gasteiger partial charge in [0.25, 0.3) is 5.91 Å². The van der Waals surface area contributed by atoms with Crippen LogP contribution in [0.5, 0.6) is 0 Å². The molecular weight excluding hydrogens is 308 g/mol. The van der Waals surface area contributed by atoms with Gasteiger partial charge in [0.1, 0.15) is 11.6 Å².